The molecule has 0 heterocycles. The van der Waals surface area contributed by atoms with Crippen molar-refractivity contribution < 1.29 is 23.1 Å². The van der Waals surface area contributed by atoms with Crippen molar-refractivity contribution >= 4 is 17.5 Å². The standard InChI is InChI=1S/C28H31F3N2O2/c1-20-9-6-7-14-25(20)27(32-21(2)23-12-8-13-24(19-23)28(29,30)31)33(18-16-26(34)35)17-15-22-10-4-3-5-11-22/h3-5,8,10-13,19H,2,6-7,9,14-18H2,1H3,(H,34,35). The van der Waals surface area contributed by atoms with E-state index in [9.17, 15) is 23.1 Å². The second-order valence-electron chi connectivity index (χ2n) is 8.79. The Hall–Kier alpha value is -3.35. The van der Waals surface area contributed by atoms with Gasteiger partial charge in [-0.05, 0) is 62.3 Å². The highest BCUT2D eigenvalue weighted by Crippen LogP contribution is 2.32. The van der Waals surface area contributed by atoms with Crippen LogP contribution >= 0.6 is 0 Å². The number of hydrogen-bond donors (Lipinski definition) is 1. The molecule has 1 N–H and O–H groups in total. The molecule has 0 saturated carbocycles. The first-order valence-electron chi connectivity index (χ1n) is 11.8. The number of amidine groups is 1. The minimum absolute atomic E-state index is 0.0732. The number of aliphatic carboxylic acids is 1. The van der Waals surface area contributed by atoms with Crippen LogP contribution in [0, 0.1) is 0 Å². The summed E-state index contributed by atoms with van der Waals surface area (Å²) in [6.45, 7) is 6.80. The summed E-state index contributed by atoms with van der Waals surface area (Å²) in [6.07, 6.45) is -0.110. The van der Waals surface area contributed by atoms with E-state index in [0.29, 0.717) is 18.8 Å². The molecule has 186 valence electrons. The molecule has 0 fully saturated rings. The zero-order valence-electron chi connectivity index (χ0n) is 19.9. The topological polar surface area (TPSA) is 52.9 Å². The van der Waals surface area contributed by atoms with Crippen LogP contribution in [0.5, 0.6) is 0 Å². The fourth-order valence-corrected chi connectivity index (χ4v) is 4.22. The highest BCUT2D eigenvalue weighted by atomic mass is 19.4. The molecule has 0 radical (unpaired) electrons. The van der Waals surface area contributed by atoms with Crippen LogP contribution in [0.4, 0.5) is 13.2 Å². The van der Waals surface area contributed by atoms with Crippen molar-refractivity contribution in [1.29, 1.82) is 0 Å². The molecule has 0 spiro atoms. The first-order chi connectivity index (χ1) is 16.6. The van der Waals surface area contributed by atoms with Crippen LogP contribution in [0.3, 0.4) is 0 Å². The number of rotatable bonds is 9. The summed E-state index contributed by atoms with van der Waals surface area (Å²) in [6, 6.07) is 14.9. The summed E-state index contributed by atoms with van der Waals surface area (Å²) in [4.78, 5) is 18.1. The number of carboxylic acid groups (broad SMARTS) is 1. The third-order valence-corrected chi connectivity index (χ3v) is 6.19. The molecular weight excluding hydrogens is 453 g/mol. The van der Waals surface area contributed by atoms with Gasteiger partial charge >= 0.3 is 12.1 Å². The van der Waals surface area contributed by atoms with Crippen LogP contribution in [0.1, 0.15) is 55.7 Å². The molecule has 1 aliphatic rings. The van der Waals surface area contributed by atoms with E-state index in [1.807, 2.05) is 42.2 Å². The SMILES string of the molecule is C=C(N=C(C1=C(C)CCCC1)N(CCC(=O)O)CCc1ccccc1)c1cccc(C(F)(F)F)c1. The van der Waals surface area contributed by atoms with Crippen molar-refractivity contribution in [2.75, 3.05) is 13.1 Å². The summed E-state index contributed by atoms with van der Waals surface area (Å²) >= 11 is 0. The first kappa shape index (κ1) is 26.3. The van der Waals surface area contributed by atoms with Gasteiger partial charge in [-0.15, -0.1) is 0 Å². The fraction of sp³-hybridized carbons (Fsp3) is 0.357. The van der Waals surface area contributed by atoms with Gasteiger partial charge in [-0.25, -0.2) is 4.99 Å². The van der Waals surface area contributed by atoms with Gasteiger partial charge in [0.1, 0.15) is 5.84 Å². The van der Waals surface area contributed by atoms with Crippen LogP contribution in [-0.2, 0) is 17.4 Å². The third kappa shape index (κ3) is 7.57. The Morgan fingerprint density at radius 2 is 1.77 bits per heavy atom. The van der Waals surface area contributed by atoms with Crippen molar-refractivity contribution in [2.45, 2.75) is 51.6 Å². The van der Waals surface area contributed by atoms with Crippen LogP contribution in [0.15, 0.2) is 77.3 Å². The molecule has 0 aliphatic heterocycles. The zero-order chi connectivity index (χ0) is 25.4. The predicted molar refractivity (Wildman–Crippen MR) is 133 cm³/mol. The number of nitrogens with zero attached hydrogens (tertiary/aromatic N) is 2. The van der Waals surface area contributed by atoms with E-state index < -0.39 is 17.7 Å². The molecule has 35 heavy (non-hydrogen) atoms. The van der Waals surface area contributed by atoms with E-state index >= 15 is 0 Å². The van der Waals surface area contributed by atoms with Gasteiger partial charge in [0.05, 0.1) is 17.7 Å². The second kappa shape index (κ2) is 11.9. The zero-order valence-corrected chi connectivity index (χ0v) is 19.9. The Balaban J connectivity index is 2.00. The van der Waals surface area contributed by atoms with Gasteiger partial charge in [0.25, 0.3) is 0 Å². The lowest BCUT2D eigenvalue weighted by atomic mass is 9.91. The van der Waals surface area contributed by atoms with Gasteiger partial charge in [-0.1, -0.05) is 54.6 Å². The van der Waals surface area contributed by atoms with Crippen molar-refractivity contribution in [3.8, 4) is 0 Å². The average Bonchev–Trinajstić information content (AvgIpc) is 2.83. The number of alkyl halides is 3. The van der Waals surface area contributed by atoms with Crippen LogP contribution in [0.2, 0.25) is 0 Å². The number of hydrogen-bond acceptors (Lipinski definition) is 2. The summed E-state index contributed by atoms with van der Waals surface area (Å²) in [5.74, 6) is -0.304. The minimum Gasteiger partial charge on any atom is -0.481 e. The molecule has 0 aromatic heterocycles. The maximum Gasteiger partial charge on any atom is 0.416 e. The van der Waals surface area contributed by atoms with Crippen LogP contribution < -0.4 is 0 Å². The normalized spacial score (nSPS) is 14.7. The molecule has 0 unspecified atom stereocenters. The minimum atomic E-state index is -4.46. The summed E-state index contributed by atoms with van der Waals surface area (Å²) in [7, 11) is 0. The Kier molecular flexibility index (Phi) is 8.90. The fourth-order valence-electron chi connectivity index (χ4n) is 4.22. The van der Waals surface area contributed by atoms with Crippen LogP contribution in [0.25, 0.3) is 5.70 Å². The monoisotopic (exact) mass is 484 g/mol. The second-order valence-corrected chi connectivity index (χ2v) is 8.79. The molecule has 3 rings (SSSR count). The van der Waals surface area contributed by atoms with Gasteiger partial charge in [-0.3, -0.25) is 4.79 Å². The smallest absolute Gasteiger partial charge is 0.416 e. The van der Waals surface area contributed by atoms with Gasteiger partial charge < -0.3 is 10.0 Å². The molecule has 7 heteroatoms. The molecule has 4 nitrogen and oxygen atoms in total. The highest BCUT2D eigenvalue weighted by Gasteiger charge is 2.30. The quantitative estimate of drug-likeness (QED) is 0.308. The Morgan fingerprint density at radius 3 is 2.43 bits per heavy atom. The number of carbonyl (C=O) groups is 1. The first-order valence-corrected chi connectivity index (χ1v) is 11.8. The summed E-state index contributed by atoms with van der Waals surface area (Å²) < 4.78 is 39.8. The lowest BCUT2D eigenvalue weighted by Crippen LogP contribution is -2.37. The number of carboxylic acids is 1. The summed E-state index contributed by atoms with van der Waals surface area (Å²) in [5, 5.41) is 9.36. The van der Waals surface area contributed by atoms with E-state index in [4.69, 9.17) is 4.99 Å². The molecule has 0 saturated heterocycles. The maximum absolute atomic E-state index is 13.3. The summed E-state index contributed by atoms with van der Waals surface area (Å²) in [5.41, 5.74) is 3.06. The van der Waals surface area contributed by atoms with Gasteiger partial charge in [0.2, 0.25) is 0 Å². The number of halogens is 3. The van der Waals surface area contributed by atoms with E-state index in [-0.39, 0.29) is 24.2 Å². The number of allylic oxidation sites excluding steroid dienone is 1. The van der Waals surface area contributed by atoms with Gasteiger partial charge in [0.15, 0.2) is 0 Å². The highest BCUT2D eigenvalue weighted by molar-refractivity contribution is 6.02. The molecular formula is C28H31F3N2O2. The largest absolute Gasteiger partial charge is 0.481 e. The van der Waals surface area contributed by atoms with Crippen molar-refractivity contribution in [2.24, 2.45) is 4.99 Å². The number of aliphatic imine (C=N–C) groups is 1. The van der Waals surface area contributed by atoms with Crippen molar-refractivity contribution in [1.82, 2.24) is 4.90 Å². The molecule has 0 amide bonds. The van der Waals surface area contributed by atoms with E-state index in [0.717, 1.165) is 49.0 Å². The lowest BCUT2D eigenvalue weighted by Gasteiger charge is -2.30. The maximum atomic E-state index is 13.3. The Bertz CT molecular complexity index is 1100. The van der Waals surface area contributed by atoms with Gasteiger partial charge in [0, 0.05) is 18.7 Å². The van der Waals surface area contributed by atoms with E-state index in [1.54, 1.807) is 6.07 Å². The van der Waals surface area contributed by atoms with Gasteiger partial charge in [-0.2, -0.15) is 13.2 Å². The third-order valence-electron chi connectivity index (χ3n) is 6.19. The molecule has 0 bridgehead atoms. The Morgan fingerprint density at radius 1 is 1.06 bits per heavy atom. The number of benzene rings is 2. The molecule has 2 aromatic rings. The van der Waals surface area contributed by atoms with Crippen molar-refractivity contribution in [3.63, 3.8) is 0 Å². The molecule has 2 aromatic carbocycles. The molecule has 0 atom stereocenters. The Labute approximate surface area is 204 Å². The van der Waals surface area contributed by atoms with Crippen LogP contribution in [-0.4, -0.2) is 34.9 Å². The van der Waals surface area contributed by atoms with E-state index in [1.165, 1.54) is 11.6 Å². The average molecular weight is 485 g/mol. The van der Waals surface area contributed by atoms with E-state index in [2.05, 4.69) is 6.58 Å². The van der Waals surface area contributed by atoms with Crippen molar-refractivity contribution in [3.05, 3.63) is 89.0 Å². The molecule has 1 aliphatic carbocycles. The predicted octanol–water partition coefficient (Wildman–Crippen LogP) is 6.98. The lowest BCUT2D eigenvalue weighted by molar-refractivity contribution is -0.138.